The van der Waals surface area contributed by atoms with Crippen molar-refractivity contribution in [3.63, 3.8) is 0 Å². The predicted molar refractivity (Wildman–Crippen MR) is 174 cm³/mol. The van der Waals surface area contributed by atoms with Crippen LogP contribution in [0, 0.1) is 4.91 Å². The number of ether oxygens (including phenoxy) is 2. The smallest absolute Gasteiger partial charge is 0.419 e. The molecule has 15 nitrogen and oxygen atoms in total. The summed E-state index contributed by atoms with van der Waals surface area (Å²) in [5.74, 6) is 0.985. The Balaban J connectivity index is 1.27. The normalized spacial score (nSPS) is 19.4. The van der Waals surface area contributed by atoms with Gasteiger partial charge in [-0.1, -0.05) is 0 Å². The van der Waals surface area contributed by atoms with Crippen LogP contribution in [0.1, 0.15) is 49.9 Å². The maximum atomic E-state index is 13.2. The summed E-state index contributed by atoms with van der Waals surface area (Å²) in [6.45, 7) is 4.01. The molecule has 1 saturated carbocycles. The van der Waals surface area contributed by atoms with E-state index in [4.69, 9.17) is 14.5 Å². The second-order valence-corrected chi connectivity index (χ2v) is 13.9. The number of aromatic nitrogens is 6. The quantitative estimate of drug-likeness (QED) is 0.226. The molecular weight excluding hydrogens is 669 g/mol. The number of halogens is 3. The van der Waals surface area contributed by atoms with E-state index in [0.29, 0.717) is 80.3 Å². The van der Waals surface area contributed by atoms with Crippen LogP contribution in [0.5, 0.6) is 5.88 Å². The summed E-state index contributed by atoms with van der Waals surface area (Å²) in [5, 5.41) is 6.52. The summed E-state index contributed by atoms with van der Waals surface area (Å²) in [4.78, 5) is 34.4. The van der Waals surface area contributed by atoms with Gasteiger partial charge in [0.05, 0.1) is 65.8 Å². The fourth-order valence-corrected chi connectivity index (χ4v) is 7.32. The summed E-state index contributed by atoms with van der Waals surface area (Å²) in [5.41, 5.74) is 0.352. The Morgan fingerprint density at radius 2 is 1.73 bits per heavy atom. The summed E-state index contributed by atoms with van der Waals surface area (Å²) in [6, 6.07) is 2.67. The van der Waals surface area contributed by atoms with Crippen LogP contribution >= 0.6 is 0 Å². The van der Waals surface area contributed by atoms with Crippen LogP contribution in [0.25, 0.3) is 10.9 Å². The highest BCUT2D eigenvalue weighted by molar-refractivity contribution is 7.92. The molecule has 1 aliphatic carbocycles. The third-order valence-corrected chi connectivity index (χ3v) is 9.93. The topological polar surface area (TPSA) is 170 Å². The predicted octanol–water partition coefficient (Wildman–Crippen LogP) is 4.74. The molecule has 6 rings (SSSR count). The van der Waals surface area contributed by atoms with Gasteiger partial charge in [0, 0.05) is 49.8 Å². The van der Waals surface area contributed by atoms with Gasteiger partial charge < -0.3 is 24.3 Å². The van der Waals surface area contributed by atoms with Gasteiger partial charge in [0.2, 0.25) is 21.9 Å². The standard InChI is InChI=1S/C30H35F3N10O5S/c1-18(25-17-37-29(40-44)41(25)2)43(49(3,45)46)21-12-23-24(34-16-21)13-26(42-8-10-47-11-9-42)39-27(23)48-22-6-4-20(5-7-22)38-28-35-14-19(15-36-28)30(31,32)33/h12-18,20,22H,4-11H2,1-3H3,(H,35,36,38). The van der Waals surface area contributed by atoms with Gasteiger partial charge in [-0.2, -0.15) is 18.2 Å². The largest absolute Gasteiger partial charge is 0.474 e. The van der Waals surface area contributed by atoms with Gasteiger partial charge in [0.1, 0.15) is 11.9 Å². The molecule has 0 bridgehead atoms. The molecule has 0 amide bonds. The molecule has 4 aromatic heterocycles. The van der Waals surface area contributed by atoms with Crippen molar-refractivity contribution in [3.8, 4) is 5.88 Å². The Kier molecular flexibility index (Phi) is 9.56. The van der Waals surface area contributed by atoms with E-state index >= 15 is 0 Å². The highest BCUT2D eigenvalue weighted by Gasteiger charge is 2.32. The molecule has 0 aromatic carbocycles. The van der Waals surface area contributed by atoms with Crippen LogP contribution in [0.3, 0.4) is 0 Å². The van der Waals surface area contributed by atoms with E-state index in [1.54, 1.807) is 20.0 Å². The van der Waals surface area contributed by atoms with Gasteiger partial charge in [0.25, 0.3) is 5.95 Å². The molecule has 1 saturated heterocycles. The Morgan fingerprint density at radius 1 is 1.04 bits per heavy atom. The molecule has 19 heteroatoms. The number of alkyl halides is 3. The molecule has 49 heavy (non-hydrogen) atoms. The SMILES string of the molecule is CC(c1cnc(N=O)n1C)N(c1cnc2cc(N3CCOCC3)nc(OC3CCC(Nc4ncc(C(F)(F)F)cn4)CC3)c2c1)S(C)(=O)=O. The number of nitroso groups, excluding NO2 is 1. The average Bonchev–Trinajstić information content (AvgIpc) is 3.45. The lowest BCUT2D eigenvalue weighted by molar-refractivity contribution is -0.138. The number of fused-ring (bicyclic) bond motifs is 1. The van der Waals surface area contributed by atoms with Crippen molar-refractivity contribution >= 4 is 44.3 Å². The first-order valence-electron chi connectivity index (χ1n) is 15.6. The van der Waals surface area contributed by atoms with E-state index in [-0.39, 0.29) is 29.7 Å². The number of sulfonamides is 1. The molecule has 1 N–H and O–H groups in total. The first kappa shape index (κ1) is 34.2. The monoisotopic (exact) mass is 704 g/mol. The molecular formula is C30H35F3N10O5S. The Hall–Kier alpha value is -4.65. The van der Waals surface area contributed by atoms with Crippen LogP contribution in [-0.2, 0) is 28.0 Å². The van der Waals surface area contributed by atoms with Crippen molar-refractivity contribution in [1.82, 2.24) is 29.5 Å². The first-order valence-corrected chi connectivity index (χ1v) is 17.5. The number of nitrogens with zero attached hydrogens (tertiary/aromatic N) is 9. The van der Waals surface area contributed by atoms with Gasteiger partial charge in [-0.05, 0) is 38.7 Å². The van der Waals surface area contributed by atoms with Crippen molar-refractivity contribution in [1.29, 1.82) is 0 Å². The van der Waals surface area contributed by atoms with E-state index in [1.807, 2.05) is 6.07 Å². The Labute approximate surface area is 279 Å². The second kappa shape index (κ2) is 13.7. The molecule has 0 spiro atoms. The molecule has 2 aliphatic rings. The number of pyridine rings is 2. The number of hydrogen-bond acceptors (Lipinski definition) is 13. The minimum Gasteiger partial charge on any atom is -0.474 e. The Morgan fingerprint density at radius 3 is 2.35 bits per heavy atom. The highest BCUT2D eigenvalue weighted by Crippen LogP contribution is 2.37. The van der Waals surface area contributed by atoms with E-state index in [2.05, 4.69) is 35.3 Å². The second-order valence-electron chi connectivity index (χ2n) is 12.0. The zero-order valence-electron chi connectivity index (χ0n) is 27.0. The fourth-order valence-electron chi connectivity index (χ4n) is 6.16. The molecule has 1 unspecified atom stereocenters. The first-order chi connectivity index (χ1) is 23.3. The van der Waals surface area contributed by atoms with E-state index in [9.17, 15) is 26.5 Å². The van der Waals surface area contributed by atoms with Gasteiger partial charge in [0.15, 0.2) is 0 Å². The van der Waals surface area contributed by atoms with Crippen molar-refractivity contribution in [2.24, 2.45) is 12.2 Å². The molecule has 2 fully saturated rings. The zero-order valence-corrected chi connectivity index (χ0v) is 27.8. The maximum Gasteiger partial charge on any atom is 0.419 e. The third-order valence-electron chi connectivity index (χ3n) is 8.69. The summed E-state index contributed by atoms with van der Waals surface area (Å²) >= 11 is 0. The minimum atomic E-state index is -4.51. The van der Waals surface area contributed by atoms with Gasteiger partial charge in [-0.15, -0.1) is 4.91 Å². The van der Waals surface area contributed by atoms with Crippen LogP contribution in [0.15, 0.2) is 42.1 Å². The third kappa shape index (κ3) is 7.51. The summed E-state index contributed by atoms with van der Waals surface area (Å²) < 4.78 is 79.8. The number of imidazole rings is 1. The van der Waals surface area contributed by atoms with E-state index in [0.717, 1.165) is 18.6 Å². The van der Waals surface area contributed by atoms with Crippen molar-refractivity contribution in [2.45, 2.75) is 57.0 Å². The Bertz CT molecular complexity index is 1910. The van der Waals surface area contributed by atoms with Crippen LogP contribution in [-0.4, -0.2) is 82.6 Å². The maximum absolute atomic E-state index is 13.2. The fraction of sp³-hybridized carbons (Fsp3) is 0.500. The van der Waals surface area contributed by atoms with Gasteiger partial charge >= 0.3 is 6.18 Å². The van der Waals surface area contributed by atoms with Gasteiger partial charge in [-0.3, -0.25) is 9.29 Å². The number of anilines is 3. The van der Waals surface area contributed by atoms with Crippen molar-refractivity contribution in [2.75, 3.05) is 47.1 Å². The molecule has 4 aromatic rings. The zero-order chi connectivity index (χ0) is 34.9. The lowest BCUT2D eigenvalue weighted by atomic mass is 9.93. The molecule has 1 atom stereocenters. The highest BCUT2D eigenvalue weighted by atomic mass is 32.2. The van der Waals surface area contributed by atoms with Crippen molar-refractivity contribution < 1.29 is 31.1 Å². The van der Waals surface area contributed by atoms with E-state index < -0.39 is 27.8 Å². The van der Waals surface area contributed by atoms with Crippen LogP contribution < -0.4 is 19.3 Å². The summed E-state index contributed by atoms with van der Waals surface area (Å²) in [6.07, 6.45) is 3.22. The number of rotatable bonds is 10. The average molecular weight is 705 g/mol. The lowest BCUT2D eigenvalue weighted by Crippen LogP contribution is -2.37. The number of hydrogen-bond donors (Lipinski definition) is 1. The molecule has 262 valence electrons. The summed E-state index contributed by atoms with van der Waals surface area (Å²) in [7, 11) is -2.29. The minimum absolute atomic E-state index is 0.0685. The molecule has 0 radical (unpaired) electrons. The van der Waals surface area contributed by atoms with E-state index in [1.165, 1.54) is 21.3 Å². The molecule has 5 heterocycles. The van der Waals surface area contributed by atoms with Crippen LogP contribution in [0.2, 0.25) is 0 Å². The molecule has 1 aliphatic heterocycles. The lowest BCUT2D eigenvalue weighted by Gasteiger charge is -2.31. The van der Waals surface area contributed by atoms with Crippen molar-refractivity contribution in [3.05, 3.63) is 53.1 Å². The number of morpholine rings is 1. The van der Waals surface area contributed by atoms with Gasteiger partial charge in [-0.25, -0.2) is 23.4 Å². The number of nitrogens with one attached hydrogen (secondary N) is 1. The van der Waals surface area contributed by atoms with Crippen LogP contribution in [0.4, 0.5) is 36.6 Å².